The van der Waals surface area contributed by atoms with E-state index in [-0.39, 0.29) is 4.90 Å². The van der Waals surface area contributed by atoms with Crippen molar-refractivity contribution < 1.29 is 13.2 Å². The number of hydrogen-bond donors (Lipinski definition) is 1. The van der Waals surface area contributed by atoms with Crippen LogP contribution in [0, 0.1) is 12.8 Å². The molecule has 6 heteroatoms. The van der Waals surface area contributed by atoms with E-state index in [4.69, 9.17) is 4.74 Å². The Morgan fingerprint density at radius 1 is 1.11 bits per heavy atom. The smallest absolute Gasteiger partial charge is 0.244 e. The molecule has 0 radical (unpaired) electrons. The second-order valence-electron chi connectivity index (χ2n) is 7.44. The Morgan fingerprint density at radius 3 is 2.50 bits per heavy atom. The van der Waals surface area contributed by atoms with Crippen LogP contribution in [0.4, 0.5) is 0 Å². The molecule has 152 valence electrons. The van der Waals surface area contributed by atoms with Crippen LogP contribution in [-0.2, 0) is 16.6 Å². The zero-order valence-corrected chi connectivity index (χ0v) is 17.5. The molecule has 0 aliphatic carbocycles. The van der Waals surface area contributed by atoms with E-state index in [1.807, 2.05) is 26.0 Å². The second-order valence-corrected chi connectivity index (χ2v) is 9.18. The topological polar surface area (TPSA) is 58.6 Å². The number of likely N-dealkylation sites (tertiary alicyclic amines) is 1. The van der Waals surface area contributed by atoms with Crippen LogP contribution >= 0.6 is 0 Å². The summed E-state index contributed by atoms with van der Waals surface area (Å²) in [4.78, 5) is 2.67. The third kappa shape index (κ3) is 5.56. The first-order valence-electron chi connectivity index (χ1n) is 9.97. The van der Waals surface area contributed by atoms with Crippen LogP contribution in [0.15, 0.2) is 53.4 Å². The molecule has 0 amide bonds. The Hall–Kier alpha value is -1.89. The number of nitrogens with zero attached hydrogens (tertiary/aromatic N) is 1. The van der Waals surface area contributed by atoms with Gasteiger partial charge in [-0.05, 0) is 69.0 Å². The van der Waals surface area contributed by atoms with Crippen molar-refractivity contribution >= 4 is 10.0 Å². The molecule has 1 aliphatic rings. The van der Waals surface area contributed by atoms with Crippen molar-refractivity contribution in [1.29, 1.82) is 0 Å². The Balaban J connectivity index is 1.54. The molecule has 0 bridgehead atoms. The minimum Gasteiger partial charge on any atom is -0.492 e. The lowest BCUT2D eigenvalue weighted by Gasteiger charge is -2.32. The van der Waals surface area contributed by atoms with Crippen LogP contribution in [0.1, 0.15) is 30.9 Å². The molecular weight excluding hydrogens is 372 g/mol. The van der Waals surface area contributed by atoms with E-state index >= 15 is 0 Å². The molecule has 0 spiro atoms. The molecule has 0 aromatic heterocycles. The molecular formula is C22H30N2O3S. The van der Waals surface area contributed by atoms with Gasteiger partial charge in [-0.25, -0.2) is 13.1 Å². The van der Waals surface area contributed by atoms with Crippen LogP contribution in [0.25, 0.3) is 0 Å². The van der Waals surface area contributed by atoms with E-state index < -0.39 is 10.0 Å². The minimum absolute atomic E-state index is 0.232. The summed E-state index contributed by atoms with van der Waals surface area (Å²) in [6.07, 6.45) is 2.00. The third-order valence-corrected chi connectivity index (χ3v) is 6.65. The summed E-state index contributed by atoms with van der Waals surface area (Å²) in [5.74, 6) is 0.778. The molecule has 2 aromatic carbocycles. The van der Waals surface area contributed by atoms with Crippen molar-refractivity contribution in [2.24, 2.45) is 5.92 Å². The van der Waals surface area contributed by atoms with Gasteiger partial charge in [-0.3, -0.25) is 4.90 Å². The van der Waals surface area contributed by atoms with E-state index in [9.17, 15) is 8.42 Å². The van der Waals surface area contributed by atoms with E-state index in [0.29, 0.717) is 24.8 Å². The Labute approximate surface area is 168 Å². The Bertz CT molecular complexity index is 861. The summed E-state index contributed by atoms with van der Waals surface area (Å²) in [6, 6.07) is 15.7. The number of ether oxygens (including phenoxy) is 1. The monoisotopic (exact) mass is 402 g/mol. The SMILES string of the molecule is CCOc1ccc(C)cc1S(=O)(=O)NCC1CCN(Cc2ccccc2)CC1. The van der Waals surface area contributed by atoms with Gasteiger partial charge in [-0.1, -0.05) is 36.4 Å². The lowest BCUT2D eigenvalue weighted by atomic mass is 9.97. The molecule has 1 aliphatic heterocycles. The molecule has 28 heavy (non-hydrogen) atoms. The molecule has 2 aromatic rings. The highest BCUT2D eigenvalue weighted by molar-refractivity contribution is 7.89. The van der Waals surface area contributed by atoms with Crippen LogP contribution < -0.4 is 9.46 Å². The summed E-state index contributed by atoms with van der Waals surface area (Å²) in [7, 11) is -3.59. The number of rotatable bonds is 8. The van der Waals surface area contributed by atoms with Gasteiger partial charge in [-0.15, -0.1) is 0 Å². The Kier molecular flexibility index (Phi) is 7.10. The first-order valence-corrected chi connectivity index (χ1v) is 11.5. The highest BCUT2D eigenvalue weighted by Crippen LogP contribution is 2.26. The van der Waals surface area contributed by atoms with Crippen LogP contribution in [0.2, 0.25) is 0 Å². The predicted molar refractivity (Wildman–Crippen MR) is 112 cm³/mol. The molecule has 5 nitrogen and oxygen atoms in total. The molecule has 0 saturated carbocycles. The number of nitrogens with one attached hydrogen (secondary N) is 1. The molecule has 1 saturated heterocycles. The fraction of sp³-hybridized carbons (Fsp3) is 0.455. The third-order valence-electron chi connectivity index (χ3n) is 5.21. The number of sulfonamides is 1. The van der Waals surface area contributed by atoms with Crippen molar-refractivity contribution in [1.82, 2.24) is 9.62 Å². The maximum Gasteiger partial charge on any atom is 0.244 e. The summed E-state index contributed by atoms with van der Waals surface area (Å²) >= 11 is 0. The zero-order valence-electron chi connectivity index (χ0n) is 16.7. The van der Waals surface area contributed by atoms with Gasteiger partial charge in [0, 0.05) is 13.1 Å². The van der Waals surface area contributed by atoms with Gasteiger partial charge in [-0.2, -0.15) is 0 Å². The first kappa shape index (κ1) is 20.8. The first-order chi connectivity index (χ1) is 13.5. The van der Waals surface area contributed by atoms with Gasteiger partial charge in [0.05, 0.1) is 6.61 Å². The molecule has 3 rings (SSSR count). The van der Waals surface area contributed by atoms with E-state index in [1.165, 1.54) is 5.56 Å². The number of aryl methyl sites for hydroxylation is 1. The molecule has 1 N–H and O–H groups in total. The van der Waals surface area contributed by atoms with Gasteiger partial charge >= 0.3 is 0 Å². The summed E-state index contributed by atoms with van der Waals surface area (Å²) in [6.45, 7) is 7.60. The lowest BCUT2D eigenvalue weighted by Crippen LogP contribution is -2.38. The second kappa shape index (κ2) is 9.54. The van der Waals surface area contributed by atoms with E-state index in [2.05, 4.69) is 33.9 Å². The highest BCUT2D eigenvalue weighted by Gasteiger charge is 2.24. The standard InChI is InChI=1S/C22H30N2O3S/c1-3-27-21-10-9-18(2)15-22(21)28(25,26)23-16-19-11-13-24(14-12-19)17-20-7-5-4-6-8-20/h4-10,15,19,23H,3,11-14,16-17H2,1-2H3. The van der Waals surface area contributed by atoms with Crippen LogP contribution in [-0.4, -0.2) is 39.6 Å². The van der Waals surface area contributed by atoms with Crippen molar-refractivity contribution in [2.75, 3.05) is 26.2 Å². The normalized spacial score (nSPS) is 16.2. The highest BCUT2D eigenvalue weighted by atomic mass is 32.2. The van der Waals surface area contributed by atoms with Gasteiger partial charge in [0.2, 0.25) is 10.0 Å². The largest absolute Gasteiger partial charge is 0.492 e. The molecule has 1 heterocycles. The average Bonchev–Trinajstić information content (AvgIpc) is 2.70. The van der Waals surface area contributed by atoms with Crippen molar-refractivity contribution in [3.8, 4) is 5.75 Å². The van der Waals surface area contributed by atoms with Crippen molar-refractivity contribution in [2.45, 2.75) is 38.1 Å². The number of benzene rings is 2. The van der Waals surface area contributed by atoms with Gasteiger partial charge < -0.3 is 4.74 Å². The minimum atomic E-state index is -3.59. The van der Waals surface area contributed by atoms with Gasteiger partial charge in [0.1, 0.15) is 10.6 Å². The summed E-state index contributed by atoms with van der Waals surface area (Å²) in [5, 5.41) is 0. The van der Waals surface area contributed by atoms with E-state index in [1.54, 1.807) is 12.1 Å². The predicted octanol–water partition coefficient (Wildman–Crippen LogP) is 3.58. The van der Waals surface area contributed by atoms with Gasteiger partial charge in [0.25, 0.3) is 0 Å². The molecule has 1 fully saturated rings. The number of piperidine rings is 1. The summed E-state index contributed by atoms with van der Waals surface area (Å²) < 4.78 is 34.0. The average molecular weight is 403 g/mol. The number of hydrogen-bond acceptors (Lipinski definition) is 4. The van der Waals surface area contributed by atoms with Crippen LogP contribution in [0.3, 0.4) is 0 Å². The maximum atomic E-state index is 12.8. The fourth-order valence-electron chi connectivity index (χ4n) is 3.60. The zero-order chi connectivity index (χ0) is 20.0. The quantitative estimate of drug-likeness (QED) is 0.733. The molecule has 0 atom stereocenters. The van der Waals surface area contributed by atoms with Crippen molar-refractivity contribution in [3.63, 3.8) is 0 Å². The maximum absolute atomic E-state index is 12.8. The molecule has 0 unspecified atom stereocenters. The van der Waals surface area contributed by atoms with Gasteiger partial charge in [0.15, 0.2) is 0 Å². The Morgan fingerprint density at radius 2 is 1.82 bits per heavy atom. The van der Waals surface area contributed by atoms with Crippen LogP contribution in [0.5, 0.6) is 5.75 Å². The fourth-order valence-corrected chi connectivity index (χ4v) is 4.94. The lowest BCUT2D eigenvalue weighted by molar-refractivity contribution is 0.178. The van der Waals surface area contributed by atoms with Crippen molar-refractivity contribution in [3.05, 3.63) is 59.7 Å². The summed E-state index contributed by atoms with van der Waals surface area (Å²) in [5.41, 5.74) is 2.22. The van der Waals surface area contributed by atoms with E-state index in [0.717, 1.165) is 38.0 Å².